The minimum Gasteiger partial charge on any atom is -0.319 e. The van der Waals surface area contributed by atoms with Gasteiger partial charge in [-0.25, -0.2) is 9.97 Å². The van der Waals surface area contributed by atoms with Crippen molar-refractivity contribution in [1.82, 2.24) is 9.97 Å². The zero-order chi connectivity index (χ0) is 14.0. The van der Waals surface area contributed by atoms with Crippen LogP contribution >= 0.6 is 0 Å². The first-order chi connectivity index (χ1) is 8.88. The third-order valence-corrected chi connectivity index (χ3v) is 3.25. The van der Waals surface area contributed by atoms with Gasteiger partial charge in [-0.3, -0.25) is 0 Å². The molecule has 1 aromatic heterocycles. The summed E-state index contributed by atoms with van der Waals surface area (Å²) in [6.07, 6.45) is 1.75. The first-order valence-corrected chi connectivity index (χ1v) is 6.53. The van der Waals surface area contributed by atoms with Crippen LogP contribution in [0.3, 0.4) is 0 Å². The van der Waals surface area contributed by atoms with E-state index >= 15 is 0 Å². The molecule has 1 unspecified atom stereocenters. The van der Waals surface area contributed by atoms with Crippen molar-refractivity contribution in [2.24, 2.45) is 5.73 Å². The van der Waals surface area contributed by atoms with Gasteiger partial charge >= 0.3 is 0 Å². The predicted molar refractivity (Wildman–Crippen MR) is 77.9 cm³/mol. The largest absolute Gasteiger partial charge is 0.319 e. The molecule has 0 saturated heterocycles. The highest BCUT2D eigenvalue weighted by atomic mass is 14.9. The van der Waals surface area contributed by atoms with Crippen LogP contribution in [-0.2, 0) is 5.41 Å². The van der Waals surface area contributed by atoms with Crippen molar-refractivity contribution in [3.05, 3.63) is 59.2 Å². The Bertz CT molecular complexity index is 553. The van der Waals surface area contributed by atoms with Gasteiger partial charge in [0.2, 0.25) is 0 Å². The molecule has 0 amide bonds. The molecule has 1 atom stereocenters. The van der Waals surface area contributed by atoms with E-state index in [1.54, 1.807) is 6.20 Å². The van der Waals surface area contributed by atoms with Crippen LogP contribution in [0.15, 0.2) is 36.5 Å². The maximum absolute atomic E-state index is 6.25. The van der Waals surface area contributed by atoms with Crippen molar-refractivity contribution in [3.8, 4) is 0 Å². The van der Waals surface area contributed by atoms with Crippen LogP contribution in [-0.4, -0.2) is 9.97 Å². The van der Waals surface area contributed by atoms with Crippen LogP contribution in [0.2, 0.25) is 0 Å². The van der Waals surface area contributed by atoms with Gasteiger partial charge in [0.05, 0.1) is 11.7 Å². The minimum absolute atomic E-state index is 0.161. The Morgan fingerprint density at radius 1 is 1.05 bits per heavy atom. The molecule has 0 radical (unpaired) electrons. The van der Waals surface area contributed by atoms with Crippen molar-refractivity contribution in [1.29, 1.82) is 0 Å². The second-order valence-corrected chi connectivity index (χ2v) is 5.88. The molecule has 100 valence electrons. The fourth-order valence-corrected chi connectivity index (χ4v) is 2.01. The monoisotopic (exact) mass is 255 g/mol. The second-order valence-electron chi connectivity index (χ2n) is 5.88. The normalized spacial score (nSPS) is 13.3. The van der Waals surface area contributed by atoms with Gasteiger partial charge in [0.25, 0.3) is 0 Å². The van der Waals surface area contributed by atoms with E-state index in [-0.39, 0.29) is 11.5 Å². The summed E-state index contributed by atoms with van der Waals surface area (Å²) < 4.78 is 0. The van der Waals surface area contributed by atoms with Gasteiger partial charge in [-0.1, -0.05) is 45.0 Å². The Morgan fingerprint density at radius 3 is 2.21 bits per heavy atom. The highest BCUT2D eigenvalue weighted by Gasteiger charge is 2.15. The lowest BCUT2D eigenvalue weighted by Crippen LogP contribution is -2.15. The molecule has 2 N–H and O–H groups in total. The Balaban J connectivity index is 2.27. The summed E-state index contributed by atoms with van der Waals surface area (Å²) in [6.45, 7) is 8.49. The van der Waals surface area contributed by atoms with Crippen LogP contribution < -0.4 is 5.73 Å². The molecule has 2 rings (SSSR count). The molecule has 0 aliphatic heterocycles. The van der Waals surface area contributed by atoms with Gasteiger partial charge in [-0.2, -0.15) is 0 Å². The number of nitrogens with zero attached hydrogens (tertiary/aromatic N) is 2. The lowest BCUT2D eigenvalue weighted by molar-refractivity contribution is 0.589. The highest BCUT2D eigenvalue weighted by Crippen LogP contribution is 2.24. The van der Waals surface area contributed by atoms with E-state index in [0.717, 1.165) is 17.1 Å². The van der Waals surface area contributed by atoms with Crippen molar-refractivity contribution in [3.63, 3.8) is 0 Å². The van der Waals surface area contributed by atoms with Gasteiger partial charge in [0, 0.05) is 6.20 Å². The maximum atomic E-state index is 6.25. The summed E-state index contributed by atoms with van der Waals surface area (Å²) in [5, 5.41) is 0. The van der Waals surface area contributed by atoms with E-state index in [4.69, 9.17) is 5.73 Å². The first-order valence-electron chi connectivity index (χ1n) is 6.53. The number of aromatic nitrogens is 2. The Hall–Kier alpha value is -1.74. The van der Waals surface area contributed by atoms with E-state index in [9.17, 15) is 0 Å². The topological polar surface area (TPSA) is 51.8 Å². The van der Waals surface area contributed by atoms with Crippen LogP contribution in [0.4, 0.5) is 0 Å². The lowest BCUT2D eigenvalue weighted by Gasteiger charge is -2.20. The van der Waals surface area contributed by atoms with E-state index in [1.165, 1.54) is 5.56 Å². The average Bonchev–Trinajstić information content (AvgIpc) is 2.37. The van der Waals surface area contributed by atoms with Gasteiger partial charge in [-0.15, -0.1) is 0 Å². The summed E-state index contributed by atoms with van der Waals surface area (Å²) >= 11 is 0. The fourth-order valence-electron chi connectivity index (χ4n) is 2.01. The van der Waals surface area contributed by atoms with Gasteiger partial charge in [-0.05, 0) is 29.5 Å². The van der Waals surface area contributed by atoms with Gasteiger partial charge in [0.1, 0.15) is 5.82 Å². The molecule has 3 nitrogen and oxygen atoms in total. The molecule has 1 heterocycles. The number of hydrogen-bond donors (Lipinski definition) is 1. The molecule has 19 heavy (non-hydrogen) atoms. The van der Waals surface area contributed by atoms with Crippen molar-refractivity contribution in [2.75, 3.05) is 0 Å². The molecule has 3 heteroatoms. The molecule has 0 aliphatic carbocycles. The molecule has 0 saturated carbocycles. The Kier molecular flexibility index (Phi) is 3.67. The third kappa shape index (κ3) is 3.18. The van der Waals surface area contributed by atoms with Gasteiger partial charge in [0.15, 0.2) is 0 Å². The van der Waals surface area contributed by atoms with Crippen LogP contribution in [0.1, 0.15) is 49.5 Å². The lowest BCUT2D eigenvalue weighted by atomic mass is 9.86. The predicted octanol–water partition coefficient (Wildman–Crippen LogP) is 3.13. The molecule has 0 aliphatic rings. The summed E-state index contributed by atoms with van der Waals surface area (Å²) in [7, 11) is 0. The fraction of sp³-hybridized carbons (Fsp3) is 0.375. The van der Waals surface area contributed by atoms with E-state index in [2.05, 4.69) is 55.0 Å². The third-order valence-electron chi connectivity index (χ3n) is 3.25. The summed E-state index contributed by atoms with van der Waals surface area (Å²) in [6, 6.07) is 10.1. The number of benzene rings is 1. The smallest absolute Gasteiger partial charge is 0.125 e. The van der Waals surface area contributed by atoms with E-state index in [1.807, 2.05) is 13.0 Å². The Morgan fingerprint density at radius 2 is 1.68 bits per heavy atom. The van der Waals surface area contributed by atoms with Crippen LogP contribution in [0, 0.1) is 6.92 Å². The quantitative estimate of drug-likeness (QED) is 0.897. The van der Waals surface area contributed by atoms with E-state index in [0.29, 0.717) is 0 Å². The van der Waals surface area contributed by atoms with E-state index < -0.39 is 0 Å². The zero-order valence-electron chi connectivity index (χ0n) is 12.0. The summed E-state index contributed by atoms with van der Waals surface area (Å²) in [5.74, 6) is 0.749. The number of rotatable bonds is 2. The molecular weight excluding hydrogens is 234 g/mol. The number of hydrogen-bond acceptors (Lipinski definition) is 3. The van der Waals surface area contributed by atoms with Crippen molar-refractivity contribution in [2.45, 2.75) is 39.2 Å². The second kappa shape index (κ2) is 5.10. The number of aryl methyl sites for hydroxylation is 1. The first kappa shape index (κ1) is 13.7. The highest BCUT2D eigenvalue weighted by molar-refractivity contribution is 5.32. The molecule has 1 aromatic carbocycles. The zero-order valence-corrected chi connectivity index (χ0v) is 12.0. The number of nitrogens with two attached hydrogens (primary N) is 1. The average molecular weight is 255 g/mol. The van der Waals surface area contributed by atoms with Crippen molar-refractivity contribution < 1.29 is 0 Å². The molecule has 0 fully saturated rings. The van der Waals surface area contributed by atoms with Crippen LogP contribution in [0.5, 0.6) is 0 Å². The van der Waals surface area contributed by atoms with Crippen LogP contribution in [0.25, 0.3) is 0 Å². The summed E-state index contributed by atoms with van der Waals surface area (Å²) in [4.78, 5) is 8.48. The maximum Gasteiger partial charge on any atom is 0.125 e. The van der Waals surface area contributed by atoms with Gasteiger partial charge < -0.3 is 5.73 Å². The molecule has 0 spiro atoms. The Labute approximate surface area is 114 Å². The van der Waals surface area contributed by atoms with Crippen molar-refractivity contribution >= 4 is 0 Å². The molecular formula is C16H21N3. The molecule has 0 bridgehead atoms. The summed E-state index contributed by atoms with van der Waals surface area (Å²) in [5.41, 5.74) is 9.66. The SMILES string of the molecule is Cc1nccc(C(N)c2ccc(C(C)(C)C)cc2)n1. The standard InChI is InChI=1S/C16H21N3/c1-11-18-10-9-14(19-11)15(17)12-5-7-13(8-6-12)16(2,3)4/h5-10,15H,17H2,1-4H3. The minimum atomic E-state index is -0.198. The molecule has 2 aromatic rings.